The van der Waals surface area contributed by atoms with Crippen molar-refractivity contribution in [1.82, 2.24) is 5.32 Å². The maximum Gasteiger partial charge on any atom is 0.320 e. The molecule has 1 unspecified atom stereocenters. The van der Waals surface area contributed by atoms with Crippen molar-refractivity contribution in [2.24, 2.45) is 0 Å². The van der Waals surface area contributed by atoms with Crippen molar-refractivity contribution >= 4 is 11.9 Å². The van der Waals surface area contributed by atoms with E-state index in [0.29, 0.717) is 13.0 Å². The molecule has 0 aromatic carbocycles. The second-order valence-electron chi connectivity index (χ2n) is 2.77. The smallest absolute Gasteiger partial charge is 0.320 e. The fourth-order valence-corrected chi connectivity index (χ4v) is 1.22. The van der Waals surface area contributed by atoms with E-state index in [4.69, 9.17) is 9.84 Å². The predicted molar refractivity (Wildman–Crippen MR) is 39.6 cm³/mol. The number of ether oxygens (including phenoxy) is 1. The molecule has 1 rings (SSSR count). The van der Waals surface area contributed by atoms with Crippen LogP contribution in [0.5, 0.6) is 0 Å². The van der Waals surface area contributed by atoms with Crippen LogP contribution in [-0.2, 0) is 14.3 Å². The van der Waals surface area contributed by atoms with Crippen LogP contribution in [-0.4, -0.2) is 35.7 Å². The number of hydrogen-bond donors (Lipinski definition) is 2. The van der Waals surface area contributed by atoms with Gasteiger partial charge in [-0.05, 0) is 0 Å². The zero-order valence-electron chi connectivity index (χ0n) is 6.74. The Labute approximate surface area is 69.7 Å². The van der Waals surface area contributed by atoms with Crippen LogP contribution in [0.4, 0.5) is 0 Å². The van der Waals surface area contributed by atoms with E-state index in [-0.39, 0.29) is 12.1 Å². The standard InChI is InChI=1S/C7H11NO4/c1-4(9)12-5-2-6(7(10)11)8-3-5/h5-6,8H,2-3H2,1H3,(H,10,11)/t5-,6?/m0/s1. The summed E-state index contributed by atoms with van der Waals surface area (Å²) in [5.41, 5.74) is 0. The molecule has 5 heteroatoms. The highest BCUT2D eigenvalue weighted by atomic mass is 16.5. The number of esters is 1. The molecule has 0 aromatic heterocycles. The van der Waals surface area contributed by atoms with Gasteiger partial charge in [0.1, 0.15) is 12.1 Å². The number of carbonyl (C=O) groups excluding carboxylic acids is 1. The van der Waals surface area contributed by atoms with Crippen molar-refractivity contribution < 1.29 is 19.4 Å². The quantitative estimate of drug-likeness (QED) is 0.543. The van der Waals surface area contributed by atoms with E-state index in [9.17, 15) is 9.59 Å². The van der Waals surface area contributed by atoms with Crippen molar-refractivity contribution in [3.63, 3.8) is 0 Å². The first-order valence-corrected chi connectivity index (χ1v) is 3.73. The number of carbonyl (C=O) groups is 2. The van der Waals surface area contributed by atoms with Gasteiger partial charge >= 0.3 is 11.9 Å². The highest BCUT2D eigenvalue weighted by Gasteiger charge is 2.30. The van der Waals surface area contributed by atoms with E-state index in [1.54, 1.807) is 0 Å². The Hall–Kier alpha value is -1.10. The SMILES string of the molecule is CC(=O)O[C@@H]1CNC(C(=O)O)C1. The normalized spacial score (nSPS) is 28.4. The lowest BCUT2D eigenvalue weighted by atomic mass is 10.2. The average Bonchev–Trinajstić information content (AvgIpc) is 2.34. The molecule has 1 aliphatic heterocycles. The largest absolute Gasteiger partial charge is 0.480 e. The zero-order valence-corrected chi connectivity index (χ0v) is 6.74. The topological polar surface area (TPSA) is 75.6 Å². The van der Waals surface area contributed by atoms with Crippen molar-refractivity contribution in [2.45, 2.75) is 25.5 Å². The van der Waals surface area contributed by atoms with Gasteiger partial charge in [0.05, 0.1) is 0 Å². The summed E-state index contributed by atoms with van der Waals surface area (Å²) >= 11 is 0. The molecule has 0 bridgehead atoms. The minimum Gasteiger partial charge on any atom is -0.480 e. The molecule has 0 aliphatic carbocycles. The van der Waals surface area contributed by atoms with Gasteiger partial charge in [-0.1, -0.05) is 0 Å². The van der Waals surface area contributed by atoms with Crippen LogP contribution < -0.4 is 5.32 Å². The monoisotopic (exact) mass is 173 g/mol. The second-order valence-corrected chi connectivity index (χ2v) is 2.77. The first-order valence-electron chi connectivity index (χ1n) is 3.73. The number of nitrogens with one attached hydrogen (secondary N) is 1. The van der Waals surface area contributed by atoms with Crippen LogP contribution in [0, 0.1) is 0 Å². The molecule has 0 saturated carbocycles. The molecule has 1 aliphatic rings. The third-order valence-corrected chi connectivity index (χ3v) is 1.72. The van der Waals surface area contributed by atoms with Gasteiger partial charge in [-0.2, -0.15) is 0 Å². The lowest BCUT2D eigenvalue weighted by molar-refractivity contribution is -0.146. The Morgan fingerprint density at radius 3 is 2.67 bits per heavy atom. The molecule has 1 saturated heterocycles. The van der Waals surface area contributed by atoms with Gasteiger partial charge in [-0.3, -0.25) is 9.59 Å². The Morgan fingerprint density at radius 1 is 1.58 bits per heavy atom. The lowest BCUT2D eigenvalue weighted by Gasteiger charge is -2.07. The van der Waals surface area contributed by atoms with Gasteiger partial charge in [0.2, 0.25) is 0 Å². The van der Waals surface area contributed by atoms with Crippen LogP contribution in [0.25, 0.3) is 0 Å². The van der Waals surface area contributed by atoms with Crippen LogP contribution in [0.1, 0.15) is 13.3 Å². The third kappa shape index (κ3) is 2.20. The summed E-state index contributed by atoms with van der Waals surface area (Å²) in [5, 5.41) is 11.3. The predicted octanol–water partition coefficient (Wildman–Crippen LogP) is -0.635. The summed E-state index contributed by atoms with van der Waals surface area (Å²) in [7, 11) is 0. The molecule has 12 heavy (non-hydrogen) atoms. The minimum absolute atomic E-state index is 0.288. The Kier molecular flexibility index (Phi) is 2.65. The maximum absolute atomic E-state index is 10.5. The van der Waals surface area contributed by atoms with E-state index < -0.39 is 12.0 Å². The van der Waals surface area contributed by atoms with Gasteiger partial charge in [-0.25, -0.2) is 0 Å². The number of rotatable bonds is 2. The number of carboxylic acids is 1. The molecule has 0 radical (unpaired) electrons. The summed E-state index contributed by atoms with van der Waals surface area (Å²) in [6.45, 7) is 1.74. The fraction of sp³-hybridized carbons (Fsp3) is 0.714. The number of hydrogen-bond acceptors (Lipinski definition) is 4. The summed E-state index contributed by atoms with van der Waals surface area (Å²) in [6.07, 6.45) is 0.0677. The van der Waals surface area contributed by atoms with Crippen molar-refractivity contribution in [2.75, 3.05) is 6.54 Å². The van der Waals surface area contributed by atoms with Crippen molar-refractivity contribution in [3.05, 3.63) is 0 Å². The molecular formula is C7H11NO4. The molecule has 0 amide bonds. The first kappa shape index (κ1) is 8.99. The Morgan fingerprint density at radius 2 is 2.25 bits per heavy atom. The highest BCUT2D eigenvalue weighted by Crippen LogP contribution is 2.10. The maximum atomic E-state index is 10.5. The molecule has 68 valence electrons. The molecule has 5 nitrogen and oxygen atoms in total. The number of carboxylic acid groups (broad SMARTS) is 1. The van der Waals surface area contributed by atoms with E-state index in [1.807, 2.05) is 0 Å². The molecule has 2 atom stereocenters. The number of aliphatic carboxylic acids is 1. The Balaban J connectivity index is 2.35. The summed E-state index contributed by atoms with van der Waals surface area (Å²) in [6, 6.07) is -0.575. The zero-order chi connectivity index (χ0) is 9.14. The van der Waals surface area contributed by atoms with Crippen LogP contribution in [0.15, 0.2) is 0 Å². The van der Waals surface area contributed by atoms with Crippen molar-refractivity contribution in [3.8, 4) is 0 Å². The van der Waals surface area contributed by atoms with E-state index in [0.717, 1.165) is 0 Å². The molecule has 0 spiro atoms. The lowest BCUT2D eigenvalue weighted by Crippen LogP contribution is -2.29. The second kappa shape index (κ2) is 3.53. The summed E-state index contributed by atoms with van der Waals surface area (Å²) < 4.78 is 4.83. The molecular weight excluding hydrogens is 162 g/mol. The van der Waals surface area contributed by atoms with Crippen molar-refractivity contribution in [1.29, 1.82) is 0 Å². The van der Waals surface area contributed by atoms with Gasteiger partial charge in [-0.15, -0.1) is 0 Å². The van der Waals surface area contributed by atoms with E-state index >= 15 is 0 Å². The molecule has 2 N–H and O–H groups in total. The summed E-state index contributed by atoms with van der Waals surface area (Å²) in [4.78, 5) is 20.9. The van der Waals surface area contributed by atoms with E-state index in [2.05, 4.69) is 5.32 Å². The molecule has 1 fully saturated rings. The van der Waals surface area contributed by atoms with Gasteiger partial charge in [0.15, 0.2) is 0 Å². The van der Waals surface area contributed by atoms with Gasteiger partial charge in [0, 0.05) is 19.9 Å². The van der Waals surface area contributed by atoms with E-state index in [1.165, 1.54) is 6.92 Å². The third-order valence-electron chi connectivity index (χ3n) is 1.72. The van der Waals surface area contributed by atoms with Crippen LogP contribution in [0.2, 0.25) is 0 Å². The first-order chi connectivity index (χ1) is 5.59. The molecule has 1 heterocycles. The molecule has 0 aromatic rings. The van der Waals surface area contributed by atoms with Gasteiger partial charge in [0.25, 0.3) is 0 Å². The Bertz CT molecular complexity index is 204. The van der Waals surface area contributed by atoms with Gasteiger partial charge < -0.3 is 15.2 Å². The summed E-state index contributed by atoms with van der Waals surface area (Å²) in [5.74, 6) is -1.27. The fourth-order valence-electron chi connectivity index (χ4n) is 1.22. The van der Waals surface area contributed by atoms with Crippen LogP contribution >= 0.6 is 0 Å². The minimum atomic E-state index is -0.898. The highest BCUT2D eigenvalue weighted by molar-refractivity contribution is 5.74. The average molecular weight is 173 g/mol. The van der Waals surface area contributed by atoms with Crippen LogP contribution in [0.3, 0.4) is 0 Å².